The molecule has 0 saturated heterocycles. The molecule has 1 aliphatic heterocycles. The summed E-state index contributed by atoms with van der Waals surface area (Å²) in [4.78, 5) is 4.86. The highest BCUT2D eigenvalue weighted by Gasteiger charge is 2.11. The fourth-order valence-electron chi connectivity index (χ4n) is 3.74. The summed E-state index contributed by atoms with van der Waals surface area (Å²) in [5.41, 5.74) is 1.39. The number of rotatable bonds is 15. The highest BCUT2D eigenvalue weighted by molar-refractivity contribution is 5.15. The molecule has 26 heavy (non-hydrogen) atoms. The fourth-order valence-corrected chi connectivity index (χ4v) is 3.74. The molecule has 146 valence electrons. The van der Waals surface area contributed by atoms with Gasteiger partial charge in [-0.3, -0.25) is 0 Å². The highest BCUT2D eigenvalue weighted by atomic mass is 15.3. The number of hydrogen-bond donors (Lipinski definition) is 0. The second-order valence-electron chi connectivity index (χ2n) is 7.87. The van der Waals surface area contributed by atoms with E-state index < -0.39 is 0 Å². The highest BCUT2D eigenvalue weighted by Crippen LogP contribution is 2.14. The Bertz CT molecular complexity index is 468. The molecule has 2 heteroatoms. The van der Waals surface area contributed by atoms with E-state index in [1.165, 1.54) is 89.2 Å². The summed E-state index contributed by atoms with van der Waals surface area (Å²) in [6.07, 6.45) is 21.6. The van der Waals surface area contributed by atoms with Crippen LogP contribution in [0.3, 0.4) is 0 Å². The fraction of sp³-hybridized carbons (Fsp3) is 0.667. The first-order chi connectivity index (χ1) is 12.9. The van der Waals surface area contributed by atoms with E-state index in [2.05, 4.69) is 59.5 Å². The monoisotopic (exact) mass is 356 g/mol. The number of benzene rings is 1. The standard InChI is InChI=1S/C24H40N2/c1-2-3-4-5-6-7-8-9-10-11-12-16-19-25-20-21-26(23-25)22-24-17-14-13-15-18-24/h13-15,17-18,20-21H,2-12,16,19,22-23H2,1H3. The number of hydrogen-bond acceptors (Lipinski definition) is 2. The predicted molar refractivity (Wildman–Crippen MR) is 114 cm³/mol. The van der Waals surface area contributed by atoms with Crippen LogP contribution in [0.25, 0.3) is 0 Å². The summed E-state index contributed by atoms with van der Waals surface area (Å²) in [6, 6.07) is 10.8. The Kier molecular flexibility index (Phi) is 11.0. The maximum Gasteiger partial charge on any atom is 0.0897 e. The molecule has 0 saturated carbocycles. The summed E-state index contributed by atoms with van der Waals surface area (Å²) in [6.45, 7) is 5.57. The van der Waals surface area contributed by atoms with Gasteiger partial charge in [0.05, 0.1) is 6.67 Å². The minimum Gasteiger partial charge on any atom is -0.359 e. The molecular weight excluding hydrogens is 316 g/mol. The van der Waals surface area contributed by atoms with Crippen LogP contribution in [-0.4, -0.2) is 23.0 Å². The first kappa shape index (κ1) is 20.9. The second-order valence-corrected chi connectivity index (χ2v) is 7.87. The van der Waals surface area contributed by atoms with E-state index in [0.29, 0.717) is 0 Å². The van der Waals surface area contributed by atoms with Crippen molar-refractivity contribution < 1.29 is 0 Å². The summed E-state index contributed by atoms with van der Waals surface area (Å²) in [7, 11) is 0. The smallest absolute Gasteiger partial charge is 0.0897 e. The van der Waals surface area contributed by atoms with Crippen molar-refractivity contribution in [2.45, 2.75) is 90.5 Å². The zero-order chi connectivity index (χ0) is 18.3. The lowest BCUT2D eigenvalue weighted by molar-refractivity contribution is 0.256. The Balaban J connectivity index is 1.38. The number of nitrogens with zero attached hydrogens (tertiary/aromatic N) is 2. The van der Waals surface area contributed by atoms with Gasteiger partial charge in [0, 0.05) is 25.5 Å². The van der Waals surface area contributed by atoms with Crippen LogP contribution in [0.5, 0.6) is 0 Å². The average molecular weight is 357 g/mol. The van der Waals surface area contributed by atoms with Crippen molar-refractivity contribution in [1.82, 2.24) is 9.80 Å². The van der Waals surface area contributed by atoms with Crippen molar-refractivity contribution in [3.05, 3.63) is 48.3 Å². The van der Waals surface area contributed by atoms with Gasteiger partial charge in [0.2, 0.25) is 0 Å². The van der Waals surface area contributed by atoms with E-state index in [-0.39, 0.29) is 0 Å². The van der Waals surface area contributed by atoms with E-state index in [1.54, 1.807) is 0 Å². The quantitative estimate of drug-likeness (QED) is 0.314. The van der Waals surface area contributed by atoms with Crippen LogP contribution >= 0.6 is 0 Å². The van der Waals surface area contributed by atoms with Gasteiger partial charge in [-0.05, 0) is 12.0 Å². The minimum absolute atomic E-state index is 1.02. The molecule has 0 radical (unpaired) electrons. The molecule has 1 aromatic carbocycles. The van der Waals surface area contributed by atoms with Crippen molar-refractivity contribution in [2.24, 2.45) is 0 Å². The van der Waals surface area contributed by atoms with Crippen molar-refractivity contribution >= 4 is 0 Å². The molecule has 0 aromatic heterocycles. The molecule has 0 atom stereocenters. The molecule has 2 rings (SSSR count). The van der Waals surface area contributed by atoms with Crippen LogP contribution in [0.4, 0.5) is 0 Å². The average Bonchev–Trinajstić information content (AvgIpc) is 3.11. The Morgan fingerprint density at radius 3 is 1.81 bits per heavy atom. The van der Waals surface area contributed by atoms with Gasteiger partial charge < -0.3 is 9.80 Å². The lowest BCUT2D eigenvalue weighted by Crippen LogP contribution is -2.25. The Morgan fingerprint density at radius 1 is 0.654 bits per heavy atom. The zero-order valence-corrected chi connectivity index (χ0v) is 17.0. The minimum atomic E-state index is 1.02. The molecule has 1 aromatic rings. The SMILES string of the molecule is CCCCCCCCCCCCCCN1C=CN(Cc2ccccc2)C1. The van der Waals surface area contributed by atoms with Crippen molar-refractivity contribution in [3.8, 4) is 0 Å². The van der Waals surface area contributed by atoms with E-state index >= 15 is 0 Å². The third-order valence-corrected chi connectivity index (χ3v) is 5.38. The topological polar surface area (TPSA) is 6.48 Å². The van der Waals surface area contributed by atoms with Crippen LogP contribution < -0.4 is 0 Å². The Hall–Kier alpha value is -1.44. The zero-order valence-electron chi connectivity index (χ0n) is 17.0. The van der Waals surface area contributed by atoms with Crippen molar-refractivity contribution in [1.29, 1.82) is 0 Å². The Labute approximate surface area is 162 Å². The van der Waals surface area contributed by atoms with Gasteiger partial charge in [0.25, 0.3) is 0 Å². The maximum atomic E-state index is 2.46. The van der Waals surface area contributed by atoms with E-state index in [4.69, 9.17) is 0 Å². The lowest BCUT2D eigenvalue weighted by atomic mass is 10.1. The first-order valence-corrected chi connectivity index (χ1v) is 11.1. The molecule has 0 fully saturated rings. The van der Waals surface area contributed by atoms with Crippen LogP contribution in [0.15, 0.2) is 42.7 Å². The number of unbranched alkanes of at least 4 members (excludes halogenated alkanes) is 11. The predicted octanol–water partition coefficient (Wildman–Crippen LogP) is 6.93. The van der Waals surface area contributed by atoms with Crippen LogP contribution in [0.1, 0.15) is 89.5 Å². The molecule has 0 amide bonds. The van der Waals surface area contributed by atoms with Gasteiger partial charge in [-0.2, -0.15) is 0 Å². The first-order valence-electron chi connectivity index (χ1n) is 11.1. The molecule has 1 heterocycles. The van der Waals surface area contributed by atoms with Crippen molar-refractivity contribution in [2.75, 3.05) is 13.2 Å². The second kappa shape index (κ2) is 13.7. The van der Waals surface area contributed by atoms with Crippen LogP contribution in [0, 0.1) is 0 Å². The molecule has 0 bridgehead atoms. The molecular formula is C24H40N2. The molecule has 2 nitrogen and oxygen atoms in total. The summed E-state index contributed by atoms with van der Waals surface area (Å²) in [5, 5.41) is 0. The Morgan fingerprint density at radius 2 is 1.19 bits per heavy atom. The van der Waals surface area contributed by atoms with E-state index in [1.807, 2.05) is 0 Å². The maximum absolute atomic E-state index is 2.46. The van der Waals surface area contributed by atoms with Gasteiger partial charge in [0.1, 0.15) is 0 Å². The van der Waals surface area contributed by atoms with Crippen LogP contribution in [-0.2, 0) is 6.54 Å². The molecule has 0 aliphatic carbocycles. The summed E-state index contributed by atoms with van der Waals surface area (Å²) in [5.74, 6) is 0. The molecule has 1 aliphatic rings. The van der Waals surface area contributed by atoms with Gasteiger partial charge in [-0.1, -0.05) is 108 Å². The molecule has 0 spiro atoms. The van der Waals surface area contributed by atoms with E-state index in [0.717, 1.165) is 13.2 Å². The lowest BCUT2D eigenvalue weighted by Gasteiger charge is -2.21. The largest absolute Gasteiger partial charge is 0.359 e. The van der Waals surface area contributed by atoms with Gasteiger partial charge >= 0.3 is 0 Å². The third-order valence-electron chi connectivity index (χ3n) is 5.38. The third kappa shape index (κ3) is 9.31. The van der Waals surface area contributed by atoms with E-state index in [9.17, 15) is 0 Å². The summed E-state index contributed by atoms with van der Waals surface area (Å²) >= 11 is 0. The normalized spacial score (nSPS) is 13.7. The van der Waals surface area contributed by atoms with Crippen molar-refractivity contribution in [3.63, 3.8) is 0 Å². The molecule has 0 unspecified atom stereocenters. The van der Waals surface area contributed by atoms with Gasteiger partial charge in [-0.15, -0.1) is 0 Å². The summed E-state index contributed by atoms with van der Waals surface area (Å²) < 4.78 is 0. The molecule has 0 N–H and O–H groups in total. The van der Waals surface area contributed by atoms with Crippen LogP contribution in [0.2, 0.25) is 0 Å². The van der Waals surface area contributed by atoms with Gasteiger partial charge in [0.15, 0.2) is 0 Å². The van der Waals surface area contributed by atoms with Gasteiger partial charge in [-0.25, -0.2) is 0 Å².